The van der Waals surface area contributed by atoms with Gasteiger partial charge < -0.3 is 25.4 Å². The van der Waals surface area contributed by atoms with E-state index >= 15 is 0 Å². The minimum Gasteiger partial charge on any atom is -0.507 e. The number of nitrogens with one attached hydrogen (secondary N) is 2. The summed E-state index contributed by atoms with van der Waals surface area (Å²) in [6.07, 6.45) is 1.97. The van der Waals surface area contributed by atoms with E-state index in [-0.39, 0.29) is 41.5 Å². The molecular weight excluding hydrogens is 470 g/mol. The van der Waals surface area contributed by atoms with Crippen LogP contribution in [-0.4, -0.2) is 60.0 Å². The first-order valence-corrected chi connectivity index (χ1v) is 12.7. The van der Waals surface area contributed by atoms with Crippen LogP contribution >= 0.6 is 0 Å². The van der Waals surface area contributed by atoms with Crippen molar-refractivity contribution in [3.63, 3.8) is 0 Å². The van der Waals surface area contributed by atoms with Crippen LogP contribution in [0.2, 0.25) is 0 Å². The second kappa shape index (κ2) is 8.80. The lowest BCUT2D eigenvalue weighted by Crippen LogP contribution is -2.45. The summed E-state index contributed by atoms with van der Waals surface area (Å²) in [5, 5.41) is 17.7. The SMILES string of the molecule is COc1cc2c(O)cccc2cc1C(=O)N1CC2NC(=O)c3ccc(C(=O)NC4CC(C)C4)cc3C2C1. The summed E-state index contributed by atoms with van der Waals surface area (Å²) in [7, 11) is 1.50. The van der Waals surface area contributed by atoms with Crippen molar-refractivity contribution in [3.8, 4) is 11.5 Å². The molecule has 0 spiro atoms. The van der Waals surface area contributed by atoms with Crippen LogP contribution in [0.25, 0.3) is 10.8 Å². The van der Waals surface area contributed by atoms with Gasteiger partial charge in [0.1, 0.15) is 11.5 Å². The van der Waals surface area contributed by atoms with Crippen molar-refractivity contribution in [2.24, 2.45) is 5.92 Å². The summed E-state index contributed by atoms with van der Waals surface area (Å²) in [5.74, 6) is 0.480. The van der Waals surface area contributed by atoms with Gasteiger partial charge in [-0.15, -0.1) is 0 Å². The largest absolute Gasteiger partial charge is 0.507 e. The summed E-state index contributed by atoms with van der Waals surface area (Å²) in [4.78, 5) is 41.1. The predicted molar refractivity (Wildman–Crippen MR) is 138 cm³/mol. The van der Waals surface area contributed by atoms with Gasteiger partial charge in [0.05, 0.1) is 18.7 Å². The number of amides is 3. The van der Waals surface area contributed by atoms with Crippen molar-refractivity contribution in [2.45, 2.75) is 37.8 Å². The summed E-state index contributed by atoms with van der Waals surface area (Å²) in [6.45, 7) is 2.93. The zero-order chi connectivity index (χ0) is 25.8. The average molecular weight is 500 g/mol. The van der Waals surface area contributed by atoms with Crippen LogP contribution in [0, 0.1) is 5.92 Å². The number of methoxy groups -OCH3 is 1. The van der Waals surface area contributed by atoms with Gasteiger partial charge in [0.25, 0.3) is 17.7 Å². The third-order valence-electron chi connectivity index (χ3n) is 8.00. The number of ether oxygens (including phenoxy) is 1. The third kappa shape index (κ3) is 3.97. The average Bonchev–Trinajstić information content (AvgIpc) is 3.31. The van der Waals surface area contributed by atoms with Gasteiger partial charge in [-0.2, -0.15) is 0 Å². The zero-order valence-electron chi connectivity index (χ0n) is 20.8. The zero-order valence-corrected chi connectivity index (χ0v) is 20.8. The second-order valence-corrected chi connectivity index (χ2v) is 10.5. The number of hydrogen-bond donors (Lipinski definition) is 3. The van der Waals surface area contributed by atoms with Gasteiger partial charge in [0.2, 0.25) is 0 Å². The molecule has 190 valence electrons. The summed E-state index contributed by atoms with van der Waals surface area (Å²) < 4.78 is 5.50. The van der Waals surface area contributed by atoms with Crippen LogP contribution < -0.4 is 15.4 Å². The van der Waals surface area contributed by atoms with E-state index in [0.29, 0.717) is 46.8 Å². The minimum absolute atomic E-state index is 0.118. The van der Waals surface area contributed by atoms with E-state index < -0.39 is 0 Å². The van der Waals surface area contributed by atoms with E-state index in [1.807, 2.05) is 12.1 Å². The minimum atomic E-state index is -0.245. The molecule has 0 radical (unpaired) electrons. The molecule has 2 fully saturated rings. The van der Waals surface area contributed by atoms with Crippen LogP contribution in [0.15, 0.2) is 48.5 Å². The first-order valence-electron chi connectivity index (χ1n) is 12.7. The maximum absolute atomic E-state index is 13.7. The fourth-order valence-electron chi connectivity index (χ4n) is 5.98. The van der Waals surface area contributed by atoms with Crippen LogP contribution in [0.4, 0.5) is 0 Å². The van der Waals surface area contributed by atoms with Gasteiger partial charge in [-0.1, -0.05) is 19.1 Å². The Morgan fingerprint density at radius 2 is 1.92 bits per heavy atom. The van der Waals surface area contributed by atoms with Crippen LogP contribution in [-0.2, 0) is 0 Å². The molecule has 3 amide bonds. The number of fused-ring (bicyclic) bond motifs is 4. The number of phenols is 1. The van der Waals surface area contributed by atoms with E-state index in [1.165, 1.54) is 7.11 Å². The number of hydrogen-bond acceptors (Lipinski definition) is 5. The Kier molecular flexibility index (Phi) is 5.55. The number of likely N-dealkylation sites (tertiary alicyclic amines) is 1. The molecule has 1 saturated heterocycles. The van der Waals surface area contributed by atoms with E-state index in [9.17, 15) is 19.5 Å². The fourth-order valence-corrected chi connectivity index (χ4v) is 5.98. The molecule has 3 N–H and O–H groups in total. The van der Waals surface area contributed by atoms with Crippen molar-refractivity contribution in [3.05, 3.63) is 70.8 Å². The van der Waals surface area contributed by atoms with Gasteiger partial charge in [-0.25, -0.2) is 0 Å². The van der Waals surface area contributed by atoms with Crippen molar-refractivity contribution < 1.29 is 24.2 Å². The smallest absolute Gasteiger partial charge is 0.257 e. The van der Waals surface area contributed by atoms with Crippen molar-refractivity contribution in [1.29, 1.82) is 0 Å². The number of nitrogens with zero attached hydrogens (tertiary/aromatic N) is 1. The highest BCUT2D eigenvalue weighted by molar-refractivity contribution is 6.04. The van der Waals surface area contributed by atoms with Gasteiger partial charge >= 0.3 is 0 Å². The molecule has 8 nitrogen and oxygen atoms in total. The Hall–Kier alpha value is -4.07. The highest BCUT2D eigenvalue weighted by atomic mass is 16.5. The number of benzene rings is 3. The Balaban J connectivity index is 1.28. The molecule has 37 heavy (non-hydrogen) atoms. The number of carbonyl (C=O) groups excluding carboxylic acids is 3. The van der Waals surface area contributed by atoms with E-state index in [1.54, 1.807) is 41.3 Å². The number of carbonyl (C=O) groups is 3. The molecule has 2 atom stereocenters. The Labute approximate surface area is 214 Å². The molecule has 2 unspecified atom stereocenters. The molecule has 1 aliphatic carbocycles. The number of rotatable bonds is 4. The predicted octanol–water partition coefficient (Wildman–Crippen LogP) is 3.43. The number of aromatic hydroxyl groups is 1. The van der Waals surface area contributed by atoms with E-state index in [0.717, 1.165) is 23.8 Å². The molecule has 6 rings (SSSR count). The highest BCUT2D eigenvalue weighted by Crippen LogP contribution is 2.37. The quantitative estimate of drug-likeness (QED) is 0.510. The van der Waals surface area contributed by atoms with Gasteiger partial charge in [0, 0.05) is 41.6 Å². The first kappa shape index (κ1) is 23.3. The molecule has 3 aromatic carbocycles. The van der Waals surface area contributed by atoms with Gasteiger partial charge in [0.15, 0.2) is 0 Å². The molecule has 8 heteroatoms. The Morgan fingerprint density at radius 3 is 2.68 bits per heavy atom. The van der Waals surface area contributed by atoms with Crippen LogP contribution in [0.3, 0.4) is 0 Å². The Bertz CT molecular complexity index is 1440. The van der Waals surface area contributed by atoms with Gasteiger partial charge in [-0.05, 0) is 66.1 Å². The third-order valence-corrected chi connectivity index (χ3v) is 8.00. The summed E-state index contributed by atoms with van der Waals surface area (Å²) >= 11 is 0. The molecule has 0 bridgehead atoms. The topological polar surface area (TPSA) is 108 Å². The highest BCUT2D eigenvalue weighted by Gasteiger charge is 2.43. The first-order chi connectivity index (χ1) is 17.8. The van der Waals surface area contributed by atoms with E-state index in [4.69, 9.17) is 4.74 Å². The van der Waals surface area contributed by atoms with Crippen molar-refractivity contribution >= 4 is 28.5 Å². The maximum Gasteiger partial charge on any atom is 0.257 e. The van der Waals surface area contributed by atoms with E-state index in [2.05, 4.69) is 17.6 Å². The van der Waals surface area contributed by atoms with Crippen molar-refractivity contribution in [1.82, 2.24) is 15.5 Å². The molecule has 3 aliphatic rings. The standard InChI is InChI=1S/C29H29N3O5/c1-15-8-18(9-15)30-27(34)17-6-7-19-21(11-17)23-13-32(14-24(23)31-28(19)35)29(36)22-10-16-4-3-5-25(33)20(16)12-26(22)37-2/h3-7,10-12,15,18,23-24,33H,8-9,13-14H2,1-2H3,(H,30,34)(H,31,35). The molecule has 1 saturated carbocycles. The maximum atomic E-state index is 13.7. The lowest BCUT2D eigenvalue weighted by molar-refractivity contribution is 0.0780. The molecule has 2 aliphatic heterocycles. The fraction of sp³-hybridized carbons (Fsp3) is 0.345. The molecule has 2 heterocycles. The molecule has 3 aromatic rings. The van der Waals surface area contributed by atoms with Crippen molar-refractivity contribution in [2.75, 3.05) is 20.2 Å². The summed E-state index contributed by atoms with van der Waals surface area (Å²) in [5.41, 5.74) is 2.28. The lowest BCUT2D eigenvalue weighted by atomic mass is 9.81. The molecular formula is C29H29N3O5. The summed E-state index contributed by atoms with van der Waals surface area (Å²) in [6, 6.07) is 13.7. The Morgan fingerprint density at radius 1 is 1.11 bits per heavy atom. The van der Waals surface area contributed by atoms with Crippen LogP contribution in [0.5, 0.6) is 11.5 Å². The normalized spacial score (nSPS) is 24.1. The monoisotopic (exact) mass is 499 g/mol. The second-order valence-electron chi connectivity index (χ2n) is 10.5. The lowest BCUT2D eigenvalue weighted by Gasteiger charge is -2.33. The van der Waals surface area contributed by atoms with Crippen LogP contribution in [0.1, 0.15) is 62.3 Å². The molecule has 0 aromatic heterocycles. The van der Waals surface area contributed by atoms with Gasteiger partial charge in [-0.3, -0.25) is 14.4 Å². The number of phenolic OH excluding ortho intramolecular Hbond substituents is 1.